The van der Waals surface area contributed by atoms with Gasteiger partial charge >= 0.3 is 11.9 Å². The highest BCUT2D eigenvalue weighted by Crippen LogP contribution is 2.32. The quantitative estimate of drug-likeness (QED) is 0.221. The van der Waals surface area contributed by atoms with E-state index in [1.54, 1.807) is 56.3 Å². The number of halogens is 1. The van der Waals surface area contributed by atoms with Crippen molar-refractivity contribution in [2.75, 3.05) is 13.2 Å². The molecule has 0 fully saturated rings. The Balaban J connectivity index is 1.91. The minimum atomic E-state index is -0.753. The van der Waals surface area contributed by atoms with Gasteiger partial charge in [0.05, 0.1) is 28.5 Å². The minimum absolute atomic E-state index is 0.183. The molecule has 1 aromatic heterocycles. The molecule has 4 rings (SSSR count). The number of fused-ring (bicyclic) bond motifs is 1. The predicted octanol–water partition coefficient (Wildman–Crippen LogP) is 4.05. The summed E-state index contributed by atoms with van der Waals surface area (Å²) in [5.41, 5.74) is 1.66. The van der Waals surface area contributed by atoms with Gasteiger partial charge in [-0.05, 0) is 55.8 Å². The Morgan fingerprint density at radius 2 is 1.95 bits per heavy atom. The van der Waals surface area contributed by atoms with E-state index in [4.69, 9.17) is 14.2 Å². The van der Waals surface area contributed by atoms with E-state index >= 15 is 0 Å². The number of allylic oxidation sites excluding steroid dienone is 1. The first kappa shape index (κ1) is 27.3. The predicted molar refractivity (Wildman–Crippen MR) is 148 cm³/mol. The minimum Gasteiger partial charge on any atom is -0.490 e. The summed E-state index contributed by atoms with van der Waals surface area (Å²) in [7, 11) is 0. The molecular weight excluding hydrogens is 572 g/mol. The third-order valence-electron chi connectivity index (χ3n) is 5.59. The van der Waals surface area contributed by atoms with Crippen molar-refractivity contribution in [2.45, 2.75) is 26.8 Å². The highest BCUT2D eigenvalue weighted by molar-refractivity contribution is 9.10. The zero-order valence-electron chi connectivity index (χ0n) is 21.0. The summed E-state index contributed by atoms with van der Waals surface area (Å²) >= 11 is 4.61. The summed E-state index contributed by atoms with van der Waals surface area (Å²) in [6.45, 7) is 8.96. The molecule has 8 nitrogen and oxygen atoms in total. The summed E-state index contributed by atoms with van der Waals surface area (Å²) < 4.78 is 18.9. The number of hydrogen-bond acceptors (Lipinski definition) is 8. The lowest BCUT2D eigenvalue weighted by atomic mass is 9.96. The van der Waals surface area contributed by atoms with Crippen LogP contribution in [0.25, 0.3) is 6.08 Å². The number of nitrogens with zero attached hydrogens (tertiary/aromatic N) is 2. The molecule has 3 aromatic rings. The average Bonchev–Trinajstić information content (AvgIpc) is 3.18. The summed E-state index contributed by atoms with van der Waals surface area (Å²) in [6.07, 6.45) is 3.30. The van der Waals surface area contributed by atoms with Gasteiger partial charge in [0.15, 0.2) is 4.80 Å². The largest absolute Gasteiger partial charge is 0.490 e. The third-order valence-corrected chi connectivity index (χ3v) is 7.07. The SMILES string of the molecule is C=CCOc1ccc(C2C(C(=O)OCC)=C(C)N=c3s/c(=C\c4cc(Br)ccc4OC(C)=O)c(=O)n32)cc1. The number of benzene rings is 2. The van der Waals surface area contributed by atoms with E-state index in [2.05, 4.69) is 27.5 Å². The molecular formula is C28H25BrN2O6S. The molecule has 1 unspecified atom stereocenters. The average molecular weight is 597 g/mol. The number of carbonyl (C=O) groups excluding carboxylic acids is 2. The molecule has 0 bridgehead atoms. The molecule has 1 aliphatic heterocycles. The van der Waals surface area contributed by atoms with Crippen LogP contribution in [0.1, 0.15) is 37.9 Å². The van der Waals surface area contributed by atoms with E-state index in [9.17, 15) is 14.4 Å². The van der Waals surface area contributed by atoms with Gasteiger partial charge < -0.3 is 14.2 Å². The van der Waals surface area contributed by atoms with Gasteiger partial charge in [0.1, 0.15) is 18.1 Å². The lowest BCUT2D eigenvalue weighted by Crippen LogP contribution is -2.39. The number of aromatic nitrogens is 1. The first-order valence-corrected chi connectivity index (χ1v) is 13.4. The fourth-order valence-corrected chi connectivity index (χ4v) is 5.45. The Bertz CT molecular complexity index is 1620. The summed E-state index contributed by atoms with van der Waals surface area (Å²) in [5, 5.41) is 0. The van der Waals surface area contributed by atoms with Crippen molar-refractivity contribution < 1.29 is 23.8 Å². The number of hydrogen-bond donors (Lipinski definition) is 0. The monoisotopic (exact) mass is 596 g/mol. The van der Waals surface area contributed by atoms with Gasteiger partial charge in [0.25, 0.3) is 5.56 Å². The second kappa shape index (κ2) is 11.7. The van der Waals surface area contributed by atoms with Crippen molar-refractivity contribution in [1.82, 2.24) is 4.57 Å². The second-order valence-electron chi connectivity index (χ2n) is 8.25. The molecule has 1 aliphatic rings. The van der Waals surface area contributed by atoms with Gasteiger partial charge in [-0.3, -0.25) is 14.2 Å². The molecule has 38 heavy (non-hydrogen) atoms. The molecule has 2 heterocycles. The summed E-state index contributed by atoms with van der Waals surface area (Å²) in [5.74, 6) is -0.0588. The number of rotatable bonds is 8. The van der Waals surface area contributed by atoms with Gasteiger partial charge in [-0.25, -0.2) is 9.79 Å². The Kier molecular flexibility index (Phi) is 8.43. The molecule has 0 N–H and O–H groups in total. The maximum absolute atomic E-state index is 13.8. The second-order valence-corrected chi connectivity index (χ2v) is 10.2. The maximum atomic E-state index is 13.8. The molecule has 196 valence electrons. The highest BCUT2D eigenvalue weighted by Gasteiger charge is 2.33. The van der Waals surface area contributed by atoms with Crippen molar-refractivity contribution in [2.24, 2.45) is 4.99 Å². The van der Waals surface area contributed by atoms with E-state index in [0.29, 0.717) is 44.3 Å². The van der Waals surface area contributed by atoms with Crippen molar-refractivity contribution >= 4 is 45.3 Å². The smallest absolute Gasteiger partial charge is 0.338 e. The Morgan fingerprint density at radius 3 is 2.61 bits per heavy atom. The third kappa shape index (κ3) is 5.71. The molecule has 0 saturated heterocycles. The van der Waals surface area contributed by atoms with Crippen LogP contribution in [-0.2, 0) is 14.3 Å². The van der Waals surface area contributed by atoms with E-state index in [1.165, 1.54) is 22.8 Å². The normalized spacial score (nSPS) is 14.9. The van der Waals surface area contributed by atoms with E-state index < -0.39 is 18.0 Å². The number of ether oxygens (including phenoxy) is 3. The first-order chi connectivity index (χ1) is 18.2. The van der Waals surface area contributed by atoms with Gasteiger partial charge in [-0.15, -0.1) is 0 Å². The Hall–Kier alpha value is -3.76. The number of carbonyl (C=O) groups is 2. The first-order valence-electron chi connectivity index (χ1n) is 11.7. The lowest BCUT2D eigenvalue weighted by molar-refractivity contribution is -0.139. The van der Waals surface area contributed by atoms with Crippen LogP contribution in [0, 0.1) is 0 Å². The van der Waals surface area contributed by atoms with Crippen LogP contribution in [0.5, 0.6) is 11.5 Å². The van der Waals surface area contributed by atoms with E-state index in [0.717, 1.165) is 4.47 Å². The van der Waals surface area contributed by atoms with Crippen LogP contribution < -0.4 is 24.4 Å². The molecule has 2 aromatic carbocycles. The highest BCUT2D eigenvalue weighted by atomic mass is 79.9. The van der Waals surface area contributed by atoms with Crippen LogP contribution in [0.3, 0.4) is 0 Å². The zero-order valence-corrected chi connectivity index (χ0v) is 23.4. The van der Waals surface area contributed by atoms with Gasteiger partial charge in [0.2, 0.25) is 0 Å². The molecule has 0 aliphatic carbocycles. The molecule has 1 atom stereocenters. The maximum Gasteiger partial charge on any atom is 0.338 e. The van der Waals surface area contributed by atoms with Gasteiger partial charge in [0, 0.05) is 17.0 Å². The zero-order chi connectivity index (χ0) is 27.4. The van der Waals surface area contributed by atoms with Crippen molar-refractivity contribution in [3.8, 4) is 11.5 Å². The van der Waals surface area contributed by atoms with E-state index in [1.807, 2.05) is 12.1 Å². The topological polar surface area (TPSA) is 96.2 Å². The van der Waals surface area contributed by atoms with Gasteiger partial charge in [-0.2, -0.15) is 0 Å². The fourth-order valence-electron chi connectivity index (χ4n) is 4.03. The summed E-state index contributed by atoms with van der Waals surface area (Å²) in [6, 6.07) is 11.6. The molecule has 0 saturated carbocycles. The molecule has 0 amide bonds. The van der Waals surface area contributed by atoms with Crippen LogP contribution in [-0.4, -0.2) is 29.7 Å². The number of thiazole rings is 1. The fraction of sp³-hybridized carbons (Fsp3) is 0.214. The van der Waals surface area contributed by atoms with Crippen molar-refractivity contribution in [1.29, 1.82) is 0 Å². The lowest BCUT2D eigenvalue weighted by Gasteiger charge is -2.24. The van der Waals surface area contributed by atoms with Crippen LogP contribution in [0.4, 0.5) is 0 Å². The van der Waals surface area contributed by atoms with Crippen molar-refractivity contribution in [3.05, 3.63) is 102 Å². The summed E-state index contributed by atoms with van der Waals surface area (Å²) in [4.78, 5) is 43.5. The van der Waals surface area contributed by atoms with E-state index in [-0.39, 0.29) is 17.7 Å². The number of esters is 2. The van der Waals surface area contributed by atoms with Crippen LogP contribution >= 0.6 is 27.3 Å². The molecule has 0 spiro atoms. The molecule has 0 radical (unpaired) electrons. The standard InChI is InChI=1S/C28H25BrN2O6S/c1-5-13-36-21-10-7-18(8-11-21)25-24(27(34)35-6-2)16(3)30-28-31(25)26(33)23(38-28)15-19-14-20(29)9-12-22(19)37-17(4)32/h5,7-12,14-15,25H,1,6,13H2,2-4H3/b23-15-. The molecule has 10 heteroatoms. The van der Waals surface area contributed by atoms with Crippen molar-refractivity contribution in [3.63, 3.8) is 0 Å². The Labute approximate surface area is 231 Å². The van der Waals surface area contributed by atoms with Crippen LogP contribution in [0.2, 0.25) is 0 Å². The Morgan fingerprint density at radius 1 is 1.21 bits per heavy atom. The van der Waals surface area contributed by atoms with Gasteiger partial charge in [-0.1, -0.05) is 52.1 Å². The van der Waals surface area contributed by atoms with Crippen LogP contribution in [0.15, 0.2) is 80.6 Å².